The van der Waals surface area contributed by atoms with Crippen LogP contribution in [-0.4, -0.2) is 56.3 Å². The van der Waals surface area contributed by atoms with Crippen molar-refractivity contribution in [2.75, 3.05) is 32.8 Å². The van der Waals surface area contributed by atoms with E-state index < -0.39 is 15.8 Å². The van der Waals surface area contributed by atoms with Gasteiger partial charge < -0.3 is 9.64 Å². The molecule has 0 N–H and O–H groups in total. The highest BCUT2D eigenvalue weighted by Gasteiger charge is 2.31. The van der Waals surface area contributed by atoms with Crippen LogP contribution < -0.4 is 4.74 Å². The van der Waals surface area contributed by atoms with Crippen LogP contribution in [0.1, 0.15) is 0 Å². The van der Waals surface area contributed by atoms with Gasteiger partial charge in [-0.05, 0) is 24.3 Å². The van der Waals surface area contributed by atoms with Gasteiger partial charge in [0.2, 0.25) is 10.0 Å². The summed E-state index contributed by atoms with van der Waals surface area (Å²) in [7, 11) is -3.93. The van der Waals surface area contributed by atoms with Gasteiger partial charge in [0.1, 0.15) is 16.5 Å². The highest BCUT2D eigenvalue weighted by Crippen LogP contribution is 2.23. The van der Waals surface area contributed by atoms with E-state index >= 15 is 0 Å². The van der Waals surface area contributed by atoms with Crippen molar-refractivity contribution >= 4 is 27.5 Å². The first-order valence-electron chi connectivity index (χ1n) is 8.29. The first-order valence-corrected chi connectivity index (χ1v) is 10.1. The van der Waals surface area contributed by atoms with E-state index in [0.717, 1.165) is 6.07 Å². The number of rotatable bonds is 5. The highest BCUT2D eigenvalue weighted by molar-refractivity contribution is 7.89. The van der Waals surface area contributed by atoms with Gasteiger partial charge in [-0.15, -0.1) is 0 Å². The van der Waals surface area contributed by atoms with Crippen LogP contribution in [0, 0.1) is 5.82 Å². The van der Waals surface area contributed by atoms with Crippen molar-refractivity contribution in [2.45, 2.75) is 4.90 Å². The monoisotopic (exact) mass is 412 g/mol. The van der Waals surface area contributed by atoms with Gasteiger partial charge in [-0.1, -0.05) is 35.9 Å². The zero-order valence-corrected chi connectivity index (χ0v) is 15.9. The molecule has 27 heavy (non-hydrogen) atoms. The lowest BCUT2D eigenvalue weighted by Gasteiger charge is -2.34. The molecule has 1 heterocycles. The van der Waals surface area contributed by atoms with Gasteiger partial charge in [-0.2, -0.15) is 4.31 Å². The average Bonchev–Trinajstić information content (AvgIpc) is 2.67. The van der Waals surface area contributed by atoms with Gasteiger partial charge in [0.15, 0.2) is 6.61 Å². The molecule has 0 unspecified atom stereocenters. The predicted molar refractivity (Wildman–Crippen MR) is 98.7 cm³/mol. The van der Waals surface area contributed by atoms with Crippen molar-refractivity contribution in [1.82, 2.24) is 9.21 Å². The van der Waals surface area contributed by atoms with Crippen molar-refractivity contribution in [3.63, 3.8) is 0 Å². The second kappa shape index (κ2) is 8.24. The Morgan fingerprint density at radius 1 is 1.04 bits per heavy atom. The Morgan fingerprint density at radius 2 is 1.67 bits per heavy atom. The number of nitrogens with zero attached hydrogens (tertiary/aromatic N) is 2. The molecule has 0 radical (unpaired) electrons. The van der Waals surface area contributed by atoms with Crippen LogP contribution in [0.25, 0.3) is 0 Å². The molecule has 2 aromatic rings. The topological polar surface area (TPSA) is 66.9 Å². The number of hydrogen-bond acceptors (Lipinski definition) is 4. The maximum absolute atomic E-state index is 13.8. The largest absolute Gasteiger partial charge is 0.482 e. The second-order valence-electron chi connectivity index (χ2n) is 5.93. The molecule has 144 valence electrons. The quantitative estimate of drug-likeness (QED) is 0.756. The molecule has 0 spiro atoms. The van der Waals surface area contributed by atoms with E-state index in [9.17, 15) is 17.6 Å². The summed E-state index contributed by atoms with van der Waals surface area (Å²) in [5, 5.41) is 0.408. The Hall–Kier alpha value is -2.16. The minimum Gasteiger partial charge on any atom is -0.482 e. The Kier molecular flexibility index (Phi) is 5.98. The number of sulfonamides is 1. The standard InChI is InChI=1S/C18H18ClFN2O4S/c19-14-5-1-3-7-16(14)26-13-18(23)21-9-11-22(12-10-21)27(24,25)17-8-4-2-6-15(17)20/h1-8H,9-13H2. The molecule has 1 fully saturated rings. The number of carbonyl (C=O) groups is 1. The van der Waals surface area contributed by atoms with Crippen LogP contribution in [-0.2, 0) is 14.8 Å². The molecule has 0 aliphatic carbocycles. The SMILES string of the molecule is O=C(COc1ccccc1Cl)N1CCN(S(=O)(=O)c2ccccc2F)CC1. The number of piperazine rings is 1. The molecular formula is C18H18ClFN2O4S. The number of ether oxygens (including phenoxy) is 1. The van der Waals surface area contributed by atoms with Gasteiger partial charge in [0.05, 0.1) is 5.02 Å². The number of carbonyl (C=O) groups excluding carboxylic acids is 1. The van der Waals surface area contributed by atoms with Crippen molar-refractivity contribution in [3.8, 4) is 5.75 Å². The van der Waals surface area contributed by atoms with Gasteiger partial charge in [-0.25, -0.2) is 12.8 Å². The van der Waals surface area contributed by atoms with Gasteiger partial charge in [0, 0.05) is 26.2 Å². The summed E-state index contributed by atoms with van der Waals surface area (Å²) >= 11 is 5.98. The smallest absolute Gasteiger partial charge is 0.260 e. The molecule has 1 saturated heterocycles. The lowest BCUT2D eigenvalue weighted by atomic mass is 10.3. The normalized spacial score (nSPS) is 15.6. The number of benzene rings is 2. The van der Waals surface area contributed by atoms with E-state index in [2.05, 4.69) is 0 Å². The molecule has 1 aliphatic rings. The molecule has 6 nitrogen and oxygen atoms in total. The van der Waals surface area contributed by atoms with Crippen LogP contribution in [0.2, 0.25) is 5.02 Å². The number of para-hydroxylation sites is 1. The van der Waals surface area contributed by atoms with E-state index in [-0.39, 0.29) is 43.6 Å². The fourth-order valence-corrected chi connectivity index (χ4v) is 4.44. The van der Waals surface area contributed by atoms with Crippen molar-refractivity contribution < 1.29 is 22.3 Å². The second-order valence-corrected chi connectivity index (χ2v) is 8.25. The summed E-state index contributed by atoms with van der Waals surface area (Å²) < 4.78 is 45.6. The fraction of sp³-hybridized carbons (Fsp3) is 0.278. The summed E-state index contributed by atoms with van der Waals surface area (Å²) in [6.07, 6.45) is 0. The minimum absolute atomic E-state index is 0.0918. The van der Waals surface area contributed by atoms with Crippen molar-refractivity contribution in [1.29, 1.82) is 0 Å². The maximum atomic E-state index is 13.8. The van der Waals surface area contributed by atoms with Crippen LogP contribution in [0.3, 0.4) is 0 Å². The fourth-order valence-electron chi connectivity index (χ4n) is 2.76. The third kappa shape index (κ3) is 4.40. The zero-order chi connectivity index (χ0) is 19.4. The summed E-state index contributed by atoms with van der Waals surface area (Å²) in [4.78, 5) is 13.5. The molecule has 0 saturated carbocycles. The number of halogens is 2. The molecule has 0 atom stereocenters. The van der Waals surface area contributed by atoms with Crippen LogP contribution >= 0.6 is 11.6 Å². The van der Waals surface area contributed by atoms with Crippen LogP contribution in [0.15, 0.2) is 53.4 Å². The third-order valence-electron chi connectivity index (χ3n) is 4.23. The first kappa shape index (κ1) is 19.6. The van der Waals surface area contributed by atoms with E-state index in [1.807, 2.05) is 0 Å². The Balaban J connectivity index is 1.58. The summed E-state index contributed by atoms with van der Waals surface area (Å²) in [5.41, 5.74) is 0. The lowest BCUT2D eigenvalue weighted by Crippen LogP contribution is -2.51. The third-order valence-corrected chi connectivity index (χ3v) is 6.48. The molecule has 2 aromatic carbocycles. The summed E-state index contributed by atoms with van der Waals surface area (Å²) in [6.45, 7) is 0.406. The summed E-state index contributed by atoms with van der Waals surface area (Å²) in [6, 6.07) is 12.1. The molecule has 1 amide bonds. The Morgan fingerprint density at radius 3 is 2.33 bits per heavy atom. The first-order chi connectivity index (χ1) is 12.9. The Bertz CT molecular complexity index is 930. The van der Waals surface area contributed by atoms with Gasteiger partial charge in [0.25, 0.3) is 5.91 Å². The number of amides is 1. The highest BCUT2D eigenvalue weighted by atomic mass is 35.5. The molecule has 9 heteroatoms. The average molecular weight is 413 g/mol. The van der Waals surface area contributed by atoms with Gasteiger partial charge in [-0.3, -0.25) is 4.79 Å². The molecule has 3 rings (SSSR count). The molecule has 1 aliphatic heterocycles. The van der Waals surface area contributed by atoms with Crippen LogP contribution in [0.5, 0.6) is 5.75 Å². The van der Waals surface area contributed by atoms with E-state index in [0.29, 0.717) is 10.8 Å². The number of hydrogen-bond donors (Lipinski definition) is 0. The summed E-state index contributed by atoms with van der Waals surface area (Å²) in [5.74, 6) is -0.643. The van der Waals surface area contributed by atoms with E-state index in [4.69, 9.17) is 16.3 Å². The predicted octanol–water partition coefficient (Wildman–Crippen LogP) is 2.39. The van der Waals surface area contributed by atoms with Crippen molar-refractivity contribution in [3.05, 3.63) is 59.4 Å². The van der Waals surface area contributed by atoms with E-state index in [1.165, 1.54) is 27.4 Å². The molecular weight excluding hydrogens is 395 g/mol. The zero-order valence-electron chi connectivity index (χ0n) is 14.3. The van der Waals surface area contributed by atoms with Crippen LogP contribution in [0.4, 0.5) is 4.39 Å². The minimum atomic E-state index is -3.93. The lowest BCUT2D eigenvalue weighted by molar-refractivity contribution is -0.134. The van der Waals surface area contributed by atoms with E-state index in [1.54, 1.807) is 24.3 Å². The maximum Gasteiger partial charge on any atom is 0.260 e. The van der Waals surface area contributed by atoms with Crippen molar-refractivity contribution in [2.24, 2.45) is 0 Å². The molecule has 0 aromatic heterocycles. The molecule has 0 bridgehead atoms. The Labute approximate surface area is 162 Å². The van der Waals surface area contributed by atoms with Gasteiger partial charge >= 0.3 is 0 Å².